The molecular formula is C27H25N3O4S. The number of nitrogens with one attached hydrogen (secondary N) is 2. The van der Waals surface area contributed by atoms with Crippen LogP contribution in [0.1, 0.15) is 15.9 Å². The average Bonchev–Trinajstić information content (AvgIpc) is 3.37. The van der Waals surface area contributed by atoms with E-state index in [2.05, 4.69) is 15.6 Å². The van der Waals surface area contributed by atoms with Gasteiger partial charge in [0.15, 0.2) is 16.6 Å². The Labute approximate surface area is 208 Å². The number of hydrogen-bond acceptors (Lipinski definition) is 7. The summed E-state index contributed by atoms with van der Waals surface area (Å²) in [5, 5.41) is 8.84. The third-order valence-corrected chi connectivity index (χ3v) is 5.92. The summed E-state index contributed by atoms with van der Waals surface area (Å²) in [6, 6.07) is 20.5. The fourth-order valence-corrected chi connectivity index (χ4v) is 4.10. The Morgan fingerprint density at radius 2 is 1.60 bits per heavy atom. The SMILES string of the molecule is COc1cc(/C=C\Nc2nc(-c3ccc(NC(=O)c4ccccc4)cc3)cs2)cc(OC)c1OC. The van der Waals surface area contributed by atoms with Gasteiger partial charge in [-0.15, -0.1) is 11.3 Å². The number of benzene rings is 3. The lowest BCUT2D eigenvalue weighted by molar-refractivity contribution is 0.102. The average molecular weight is 488 g/mol. The number of aromatic nitrogens is 1. The van der Waals surface area contributed by atoms with Crippen molar-refractivity contribution in [2.45, 2.75) is 0 Å². The quantitative estimate of drug-likeness (QED) is 0.294. The highest BCUT2D eigenvalue weighted by atomic mass is 32.1. The van der Waals surface area contributed by atoms with Gasteiger partial charge in [-0.05, 0) is 48.0 Å². The summed E-state index contributed by atoms with van der Waals surface area (Å²) in [6.07, 6.45) is 3.71. The second kappa shape index (κ2) is 11.2. The number of ether oxygens (including phenoxy) is 3. The van der Waals surface area contributed by atoms with Crippen LogP contribution in [0.25, 0.3) is 17.3 Å². The molecule has 0 saturated carbocycles. The summed E-state index contributed by atoms with van der Waals surface area (Å²) in [7, 11) is 4.75. The first-order valence-corrected chi connectivity index (χ1v) is 11.6. The van der Waals surface area contributed by atoms with E-state index in [0.717, 1.165) is 27.6 Å². The van der Waals surface area contributed by atoms with E-state index >= 15 is 0 Å². The molecule has 8 heteroatoms. The van der Waals surface area contributed by atoms with Crippen LogP contribution >= 0.6 is 11.3 Å². The van der Waals surface area contributed by atoms with E-state index in [1.807, 2.05) is 72.3 Å². The summed E-state index contributed by atoms with van der Waals surface area (Å²) in [5.41, 5.74) is 4.04. The van der Waals surface area contributed by atoms with Crippen LogP contribution < -0.4 is 24.8 Å². The van der Waals surface area contributed by atoms with Gasteiger partial charge in [0.1, 0.15) is 0 Å². The summed E-state index contributed by atoms with van der Waals surface area (Å²) >= 11 is 1.50. The lowest BCUT2D eigenvalue weighted by Gasteiger charge is -2.12. The van der Waals surface area contributed by atoms with Crippen molar-refractivity contribution in [2.75, 3.05) is 32.0 Å². The van der Waals surface area contributed by atoms with Crippen LogP contribution in [0, 0.1) is 0 Å². The smallest absolute Gasteiger partial charge is 0.255 e. The molecule has 0 bridgehead atoms. The van der Waals surface area contributed by atoms with Crippen molar-refractivity contribution in [3.63, 3.8) is 0 Å². The second-order valence-corrected chi connectivity index (χ2v) is 8.23. The van der Waals surface area contributed by atoms with Gasteiger partial charge in [0, 0.05) is 28.4 Å². The van der Waals surface area contributed by atoms with Gasteiger partial charge in [-0.2, -0.15) is 0 Å². The molecule has 0 aliphatic carbocycles. The van der Waals surface area contributed by atoms with E-state index < -0.39 is 0 Å². The van der Waals surface area contributed by atoms with Gasteiger partial charge in [-0.3, -0.25) is 4.79 Å². The molecule has 0 saturated heterocycles. The first-order chi connectivity index (χ1) is 17.1. The number of amides is 1. The minimum absolute atomic E-state index is 0.141. The van der Waals surface area contributed by atoms with E-state index in [4.69, 9.17) is 14.2 Å². The van der Waals surface area contributed by atoms with Crippen molar-refractivity contribution in [3.8, 4) is 28.5 Å². The lowest BCUT2D eigenvalue weighted by Crippen LogP contribution is -2.11. The standard InChI is InChI=1S/C27H25N3O4S/c1-32-23-15-18(16-24(33-2)25(23)34-3)13-14-28-27-30-22(17-35-27)19-9-11-21(12-10-19)29-26(31)20-7-5-4-6-8-20/h4-17H,1-3H3,(H,28,30)(H,29,31)/b14-13-. The van der Waals surface area contributed by atoms with Crippen LogP contribution in [0.3, 0.4) is 0 Å². The number of rotatable bonds is 9. The molecule has 0 aliphatic rings. The zero-order valence-electron chi connectivity index (χ0n) is 19.6. The number of carbonyl (C=O) groups is 1. The molecule has 1 amide bonds. The van der Waals surface area contributed by atoms with Gasteiger partial charge in [0.25, 0.3) is 5.91 Å². The third kappa shape index (κ3) is 5.80. The predicted molar refractivity (Wildman–Crippen MR) is 141 cm³/mol. The van der Waals surface area contributed by atoms with Crippen LogP contribution in [0.4, 0.5) is 10.8 Å². The third-order valence-electron chi connectivity index (χ3n) is 5.15. The van der Waals surface area contributed by atoms with E-state index in [0.29, 0.717) is 22.8 Å². The molecule has 3 aromatic carbocycles. The molecule has 4 aromatic rings. The zero-order valence-corrected chi connectivity index (χ0v) is 20.4. The molecule has 1 heterocycles. The summed E-state index contributed by atoms with van der Waals surface area (Å²) in [6.45, 7) is 0. The molecule has 0 spiro atoms. The molecule has 35 heavy (non-hydrogen) atoms. The number of anilines is 2. The first kappa shape index (κ1) is 23.8. The van der Waals surface area contributed by atoms with Gasteiger partial charge >= 0.3 is 0 Å². The summed E-state index contributed by atoms with van der Waals surface area (Å²) in [5.74, 6) is 1.59. The molecule has 0 radical (unpaired) electrons. The Morgan fingerprint density at radius 3 is 2.23 bits per heavy atom. The Morgan fingerprint density at radius 1 is 0.914 bits per heavy atom. The van der Waals surface area contributed by atoms with E-state index in [1.54, 1.807) is 33.5 Å². The Bertz CT molecular complexity index is 1290. The minimum atomic E-state index is -0.141. The maximum Gasteiger partial charge on any atom is 0.255 e. The largest absolute Gasteiger partial charge is 0.493 e. The maximum absolute atomic E-state index is 12.3. The Balaban J connectivity index is 1.40. The molecule has 0 unspecified atom stereocenters. The van der Waals surface area contributed by atoms with Crippen LogP contribution in [-0.4, -0.2) is 32.2 Å². The van der Waals surface area contributed by atoms with Crippen LogP contribution in [0.15, 0.2) is 78.3 Å². The molecular weight excluding hydrogens is 462 g/mol. The van der Waals surface area contributed by atoms with Crippen molar-refractivity contribution >= 4 is 34.1 Å². The molecule has 4 rings (SSSR count). The van der Waals surface area contributed by atoms with E-state index in [9.17, 15) is 4.79 Å². The predicted octanol–water partition coefficient (Wildman–Crippen LogP) is 6.17. The fourth-order valence-electron chi connectivity index (χ4n) is 3.40. The van der Waals surface area contributed by atoms with Crippen LogP contribution in [0.2, 0.25) is 0 Å². The van der Waals surface area contributed by atoms with Crippen LogP contribution in [-0.2, 0) is 0 Å². The van der Waals surface area contributed by atoms with Crippen molar-refractivity contribution in [1.29, 1.82) is 0 Å². The number of carbonyl (C=O) groups excluding carboxylic acids is 1. The molecule has 178 valence electrons. The molecule has 0 atom stereocenters. The topological polar surface area (TPSA) is 81.7 Å². The number of hydrogen-bond donors (Lipinski definition) is 2. The minimum Gasteiger partial charge on any atom is -0.493 e. The Hall–Kier alpha value is -4.30. The van der Waals surface area contributed by atoms with Crippen LogP contribution in [0.5, 0.6) is 17.2 Å². The van der Waals surface area contributed by atoms with Crippen molar-refractivity contribution in [3.05, 3.63) is 89.4 Å². The van der Waals surface area contributed by atoms with E-state index in [1.165, 1.54) is 11.3 Å². The number of nitrogens with zero attached hydrogens (tertiary/aromatic N) is 1. The zero-order chi connectivity index (χ0) is 24.6. The van der Waals surface area contributed by atoms with Gasteiger partial charge in [-0.25, -0.2) is 4.98 Å². The highest BCUT2D eigenvalue weighted by Crippen LogP contribution is 2.38. The number of methoxy groups -OCH3 is 3. The molecule has 1 aromatic heterocycles. The summed E-state index contributed by atoms with van der Waals surface area (Å²) in [4.78, 5) is 17.0. The summed E-state index contributed by atoms with van der Waals surface area (Å²) < 4.78 is 16.2. The van der Waals surface area contributed by atoms with Gasteiger partial charge in [0.2, 0.25) is 5.75 Å². The lowest BCUT2D eigenvalue weighted by atomic mass is 10.1. The first-order valence-electron chi connectivity index (χ1n) is 10.8. The van der Waals surface area contributed by atoms with Crippen molar-refractivity contribution < 1.29 is 19.0 Å². The molecule has 0 fully saturated rings. The second-order valence-electron chi connectivity index (χ2n) is 7.37. The van der Waals surface area contributed by atoms with Gasteiger partial charge in [-0.1, -0.05) is 30.3 Å². The maximum atomic E-state index is 12.3. The molecule has 0 aliphatic heterocycles. The van der Waals surface area contributed by atoms with Gasteiger partial charge < -0.3 is 24.8 Å². The molecule has 2 N–H and O–H groups in total. The Kier molecular flexibility index (Phi) is 7.64. The number of thiazole rings is 1. The normalized spacial score (nSPS) is 10.7. The van der Waals surface area contributed by atoms with Crippen molar-refractivity contribution in [1.82, 2.24) is 4.98 Å². The molecule has 7 nitrogen and oxygen atoms in total. The highest BCUT2D eigenvalue weighted by molar-refractivity contribution is 7.14. The van der Waals surface area contributed by atoms with Crippen molar-refractivity contribution in [2.24, 2.45) is 0 Å². The fraction of sp³-hybridized carbons (Fsp3) is 0.111. The monoisotopic (exact) mass is 487 g/mol. The van der Waals surface area contributed by atoms with E-state index in [-0.39, 0.29) is 5.91 Å². The van der Waals surface area contributed by atoms with Gasteiger partial charge in [0.05, 0.1) is 27.0 Å². The highest BCUT2D eigenvalue weighted by Gasteiger charge is 2.12.